The molecule has 1 fully saturated rings. The van der Waals surface area contributed by atoms with Gasteiger partial charge in [0.1, 0.15) is 6.10 Å². The van der Waals surface area contributed by atoms with Gasteiger partial charge in [0, 0.05) is 38.0 Å². The molecule has 3 rings (SSSR count). The smallest absolute Gasteiger partial charge is 0.309 e. The van der Waals surface area contributed by atoms with E-state index in [4.69, 9.17) is 15.2 Å². The first-order valence-corrected chi connectivity index (χ1v) is 11.8. The monoisotopic (exact) mass is 428 g/mol. The van der Waals surface area contributed by atoms with E-state index in [1.54, 1.807) is 7.11 Å². The molecule has 172 valence electrons. The number of carbonyl (C=O) groups is 1. The van der Waals surface area contributed by atoms with Crippen LogP contribution in [-0.2, 0) is 27.2 Å². The average molecular weight is 429 g/mol. The van der Waals surface area contributed by atoms with Gasteiger partial charge in [-0.15, -0.1) is 0 Å². The molecule has 1 unspecified atom stereocenters. The summed E-state index contributed by atoms with van der Waals surface area (Å²) in [6, 6.07) is 8.87. The second-order valence-electron chi connectivity index (χ2n) is 9.92. The molecule has 1 saturated heterocycles. The zero-order chi connectivity index (χ0) is 22.5. The standard InChI is InChI=1S/C26H40N2O3/c1-17(2)21(15-23(27)25-16-22(18(3)4)26(29)31-25)13-19-7-8-20-9-11-28(24(20)14-19)10-6-12-30-5/h7-9,11,14,17-18,21-23,25H,6,10,12-13,15-16,27H2,1-5H3/t21-,22-,23-,25?/m0/s1. The van der Waals surface area contributed by atoms with Crippen LogP contribution in [0.3, 0.4) is 0 Å². The van der Waals surface area contributed by atoms with Crippen molar-refractivity contribution in [3.63, 3.8) is 0 Å². The average Bonchev–Trinajstić information content (AvgIpc) is 3.31. The minimum absolute atomic E-state index is 0.0122. The Kier molecular flexibility index (Phi) is 8.17. The molecule has 1 aromatic carbocycles. The molecule has 0 amide bonds. The number of hydrogen-bond donors (Lipinski definition) is 1. The Hall–Kier alpha value is -1.85. The third-order valence-electron chi connectivity index (χ3n) is 6.94. The predicted molar refractivity (Wildman–Crippen MR) is 126 cm³/mol. The minimum atomic E-state index is -0.151. The summed E-state index contributed by atoms with van der Waals surface area (Å²) in [7, 11) is 1.75. The lowest BCUT2D eigenvalue weighted by Crippen LogP contribution is -2.37. The summed E-state index contributed by atoms with van der Waals surface area (Å²) in [4.78, 5) is 12.2. The number of cyclic esters (lactones) is 1. The van der Waals surface area contributed by atoms with Gasteiger partial charge in [-0.2, -0.15) is 0 Å². The van der Waals surface area contributed by atoms with E-state index < -0.39 is 0 Å². The Bertz CT molecular complexity index is 857. The summed E-state index contributed by atoms with van der Waals surface area (Å²) < 4.78 is 13.2. The molecule has 0 aliphatic carbocycles. The Morgan fingerprint density at radius 2 is 2.00 bits per heavy atom. The molecule has 5 nitrogen and oxygen atoms in total. The fourth-order valence-electron chi connectivity index (χ4n) is 4.76. The van der Waals surface area contributed by atoms with Gasteiger partial charge < -0.3 is 19.8 Å². The van der Waals surface area contributed by atoms with Gasteiger partial charge in [0.05, 0.1) is 5.92 Å². The first kappa shape index (κ1) is 23.8. The maximum Gasteiger partial charge on any atom is 0.309 e. The number of hydrogen-bond acceptors (Lipinski definition) is 4. The van der Waals surface area contributed by atoms with Crippen molar-refractivity contribution in [1.29, 1.82) is 0 Å². The van der Waals surface area contributed by atoms with Crippen LogP contribution in [0.4, 0.5) is 0 Å². The minimum Gasteiger partial charge on any atom is -0.460 e. The van der Waals surface area contributed by atoms with Crippen molar-refractivity contribution in [2.45, 2.75) is 72.1 Å². The number of nitrogens with zero attached hydrogens (tertiary/aromatic N) is 1. The number of fused-ring (bicyclic) bond motifs is 1. The summed E-state index contributed by atoms with van der Waals surface area (Å²) in [6.45, 7) is 10.4. The van der Waals surface area contributed by atoms with Crippen LogP contribution in [-0.4, -0.2) is 36.4 Å². The molecule has 5 heteroatoms. The van der Waals surface area contributed by atoms with E-state index in [1.807, 2.05) is 0 Å². The molecule has 31 heavy (non-hydrogen) atoms. The van der Waals surface area contributed by atoms with Crippen LogP contribution in [0.15, 0.2) is 30.5 Å². The molecule has 2 N–H and O–H groups in total. The van der Waals surface area contributed by atoms with Crippen molar-refractivity contribution in [3.8, 4) is 0 Å². The molecule has 0 radical (unpaired) electrons. The predicted octanol–water partition coefficient (Wildman–Crippen LogP) is 4.80. The highest BCUT2D eigenvalue weighted by Crippen LogP contribution is 2.32. The van der Waals surface area contributed by atoms with E-state index in [2.05, 4.69) is 62.7 Å². The number of carbonyl (C=O) groups excluding carboxylic acids is 1. The van der Waals surface area contributed by atoms with Crippen LogP contribution in [0.25, 0.3) is 10.9 Å². The maximum atomic E-state index is 12.2. The molecular formula is C26H40N2O3. The Morgan fingerprint density at radius 3 is 2.65 bits per heavy atom. The topological polar surface area (TPSA) is 66.5 Å². The van der Waals surface area contributed by atoms with E-state index in [0.29, 0.717) is 17.8 Å². The SMILES string of the molecule is COCCCn1ccc2ccc(C[C@@H](C[C@H](N)C3C[C@@H](C(C)C)C(=O)O3)C(C)C)cc21. The van der Waals surface area contributed by atoms with E-state index in [9.17, 15) is 4.79 Å². The zero-order valence-corrected chi connectivity index (χ0v) is 19.8. The Labute approximate surface area is 187 Å². The van der Waals surface area contributed by atoms with Gasteiger partial charge in [0.2, 0.25) is 0 Å². The highest BCUT2D eigenvalue weighted by molar-refractivity contribution is 5.80. The third-order valence-corrected chi connectivity index (χ3v) is 6.94. The van der Waals surface area contributed by atoms with Gasteiger partial charge in [-0.3, -0.25) is 4.79 Å². The number of esters is 1. The summed E-state index contributed by atoms with van der Waals surface area (Å²) in [6.07, 6.45) is 5.63. The lowest BCUT2D eigenvalue weighted by molar-refractivity contribution is -0.146. The van der Waals surface area contributed by atoms with Gasteiger partial charge in [-0.05, 0) is 66.5 Å². The van der Waals surface area contributed by atoms with Crippen molar-refractivity contribution in [1.82, 2.24) is 4.57 Å². The fourth-order valence-corrected chi connectivity index (χ4v) is 4.76. The highest BCUT2D eigenvalue weighted by atomic mass is 16.6. The molecule has 2 aromatic rings. The molecule has 0 bridgehead atoms. The zero-order valence-electron chi connectivity index (χ0n) is 19.8. The van der Waals surface area contributed by atoms with Crippen LogP contribution >= 0.6 is 0 Å². The van der Waals surface area contributed by atoms with Crippen molar-refractivity contribution in [3.05, 3.63) is 36.0 Å². The second kappa shape index (κ2) is 10.6. The van der Waals surface area contributed by atoms with Crippen LogP contribution < -0.4 is 5.73 Å². The molecule has 1 aromatic heterocycles. The molecule has 0 spiro atoms. The molecular weight excluding hydrogens is 388 g/mol. The lowest BCUT2D eigenvalue weighted by Gasteiger charge is -2.27. The van der Waals surface area contributed by atoms with Crippen molar-refractivity contribution >= 4 is 16.9 Å². The first-order chi connectivity index (χ1) is 14.8. The number of rotatable bonds is 11. The Balaban J connectivity index is 1.67. The first-order valence-electron chi connectivity index (χ1n) is 11.8. The number of aryl methyl sites for hydroxylation is 1. The number of nitrogens with two attached hydrogens (primary N) is 1. The number of methoxy groups -OCH3 is 1. The van der Waals surface area contributed by atoms with E-state index in [-0.39, 0.29) is 24.0 Å². The van der Waals surface area contributed by atoms with Crippen LogP contribution in [0.5, 0.6) is 0 Å². The third kappa shape index (κ3) is 5.89. The number of benzene rings is 1. The molecule has 0 saturated carbocycles. The van der Waals surface area contributed by atoms with Crippen LogP contribution in [0, 0.1) is 23.7 Å². The second-order valence-corrected chi connectivity index (χ2v) is 9.92. The van der Waals surface area contributed by atoms with E-state index >= 15 is 0 Å². The van der Waals surface area contributed by atoms with E-state index in [1.165, 1.54) is 16.5 Å². The highest BCUT2D eigenvalue weighted by Gasteiger charge is 2.39. The van der Waals surface area contributed by atoms with Crippen molar-refractivity contribution in [2.24, 2.45) is 29.4 Å². The van der Waals surface area contributed by atoms with Gasteiger partial charge in [-0.1, -0.05) is 39.8 Å². The van der Waals surface area contributed by atoms with Crippen LogP contribution in [0.2, 0.25) is 0 Å². The van der Waals surface area contributed by atoms with Gasteiger partial charge in [0.25, 0.3) is 0 Å². The van der Waals surface area contributed by atoms with Crippen LogP contribution in [0.1, 0.15) is 52.5 Å². The molecule has 1 aliphatic rings. The summed E-state index contributed by atoms with van der Waals surface area (Å²) in [5, 5.41) is 1.27. The Morgan fingerprint density at radius 1 is 1.23 bits per heavy atom. The summed E-state index contributed by atoms with van der Waals surface area (Å²) in [5.41, 5.74) is 9.19. The maximum absolute atomic E-state index is 12.2. The quantitative estimate of drug-likeness (QED) is 0.412. The molecule has 1 aliphatic heterocycles. The van der Waals surface area contributed by atoms with Gasteiger partial charge in [-0.25, -0.2) is 0 Å². The van der Waals surface area contributed by atoms with E-state index in [0.717, 1.165) is 38.8 Å². The van der Waals surface area contributed by atoms with Gasteiger partial charge in [0.15, 0.2) is 0 Å². The number of aromatic nitrogens is 1. The van der Waals surface area contributed by atoms with Crippen molar-refractivity contribution in [2.75, 3.05) is 13.7 Å². The fraction of sp³-hybridized carbons (Fsp3) is 0.654. The number of ether oxygens (including phenoxy) is 2. The molecule has 4 atom stereocenters. The largest absolute Gasteiger partial charge is 0.460 e. The molecule has 2 heterocycles. The summed E-state index contributed by atoms with van der Waals surface area (Å²) in [5.74, 6) is 1.17. The van der Waals surface area contributed by atoms with Crippen molar-refractivity contribution < 1.29 is 14.3 Å². The summed E-state index contributed by atoms with van der Waals surface area (Å²) >= 11 is 0. The van der Waals surface area contributed by atoms with Gasteiger partial charge >= 0.3 is 5.97 Å². The lowest BCUT2D eigenvalue weighted by atomic mass is 9.82. The normalized spacial score (nSPS) is 21.2.